The van der Waals surface area contributed by atoms with Crippen molar-refractivity contribution in [1.29, 1.82) is 0 Å². The average Bonchev–Trinajstić information content (AvgIpc) is 2.25. The van der Waals surface area contributed by atoms with E-state index in [0.717, 1.165) is 6.54 Å². The van der Waals surface area contributed by atoms with Gasteiger partial charge in [0.15, 0.2) is 0 Å². The molecule has 0 saturated carbocycles. The molecule has 0 saturated heterocycles. The van der Waals surface area contributed by atoms with Gasteiger partial charge in [0.2, 0.25) is 0 Å². The number of aryl methyl sites for hydroxylation is 1. The predicted octanol–water partition coefficient (Wildman–Crippen LogP) is 3.45. The fourth-order valence-corrected chi connectivity index (χ4v) is 2.39. The van der Waals surface area contributed by atoms with Crippen molar-refractivity contribution in [2.45, 2.75) is 58.5 Å². The number of hydrogen-bond donors (Lipinski definition) is 1. The summed E-state index contributed by atoms with van der Waals surface area (Å²) >= 11 is 0. The van der Waals surface area contributed by atoms with Gasteiger partial charge >= 0.3 is 0 Å². The van der Waals surface area contributed by atoms with Gasteiger partial charge in [-0.2, -0.15) is 0 Å². The van der Waals surface area contributed by atoms with Crippen molar-refractivity contribution in [1.82, 2.24) is 5.32 Å². The Balaban J connectivity index is 2.15. The SMILES string of the molecule is CC(C)(C)NCc1cccc2c1CCCC2. The summed E-state index contributed by atoms with van der Waals surface area (Å²) in [7, 11) is 0. The Morgan fingerprint density at radius 1 is 1.12 bits per heavy atom. The standard InChI is InChI=1S/C15H23N/c1-15(2,3)16-11-13-9-6-8-12-7-4-5-10-14(12)13/h6,8-9,16H,4-5,7,10-11H2,1-3H3. The molecule has 0 spiro atoms. The lowest BCUT2D eigenvalue weighted by molar-refractivity contribution is 0.423. The molecule has 0 amide bonds. The number of nitrogens with one attached hydrogen (secondary N) is 1. The first kappa shape index (κ1) is 11.7. The molecule has 0 aromatic heterocycles. The highest BCUT2D eigenvalue weighted by Crippen LogP contribution is 2.24. The van der Waals surface area contributed by atoms with E-state index in [-0.39, 0.29) is 5.54 Å². The van der Waals surface area contributed by atoms with Crippen molar-refractivity contribution < 1.29 is 0 Å². The molecular formula is C15H23N. The second-order valence-electron chi connectivity index (χ2n) is 5.87. The van der Waals surface area contributed by atoms with Gasteiger partial charge in [-0.15, -0.1) is 0 Å². The van der Waals surface area contributed by atoms with E-state index in [9.17, 15) is 0 Å². The number of hydrogen-bond acceptors (Lipinski definition) is 1. The van der Waals surface area contributed by atoms with Crippen LogP contribution in [-0.4, -0.2) is 5.54 Å². The van der Waals surface area contributed by atoms with Crippen LogP contribution in [0.1, 0.15) is 50.3 Å². The molecule has 2 rings (SSSR count). The molecule has 16 heavy (non-hydrogen) atoms. The Bertz CT molecular complexity index is 360. The summed E-state index contributed by atoms with van der Waals surface area (Å²) in [5, 5.41) is 3.59. The summed E-state index contributed by atoms with van der Waals surface area (Å²) in [5.74, 6) is 0. The van der Waals surface area contributed by atoms with Gasteiger partial charge in [-0.3, -0.25) is 0 Å². The van der Waals surface area contributed by atoms with Gasteiger partial charge in [-0.1, -0.05) is 18.2 Å². The molecule has 1 N–H and O–H groups in total. The average molecular weight is 217 g/mol. The third-order valence-electron chi connectivity index (χ3n) is 3.30. The van der Waals surface area contributed by atoms with Crippen LogP contribution in [0.3, 0.4) is 0 Å². The fraction of sp³-hybridized carbons (Fsp3) is 0.600. The van der Waals surface area contributed by atoms with E-state index < -0.39 is 0 Å². The zero-order chi connectivity index (χ0) is 11.6. The maximum Gasteiger partial charge on any atom is 0.0213 e. The summed E-state index contributed by atoms with van der Waals surface area (Å²) < 4.78 is 0. The summed E-state index contributed by atoms with van der Waals surface area (Å²) in [6.45, 7) is 7.68. The highest BCUT2D eigenvalue weighted by molar-refractivity contribution is 5.37. The zero-order valence-corrected chi connectivity index (χ0v) is 10.8. The molecule has 0 unspecified atom stereocenters. The van der Waals surface area contributed by atoms with Crippen LogP contribution in [0.25, 0.3) is 0 Å². The fourth-order valence-electron chi connectivity index (χ4n) is 2.39. The molecule has 1 heteroatoms. The first-order chi connectivity index (χ1) is 7.56. The molecule has 1 aliphatic carbocycles. The topological polar surface area (TPSA) is 12.0 Å². The van der Waals surface area contributed by atoms with E-state index in [1.54, 1.807) is 11.1 Å². The van der Waals surface area contributed by atoms with Crippen LogP contribution in [0.4, 0.5) is 0 Å². The second kappa shape index (κ2) is 4.58. The molecular weight excluding hydrogens is 194 g/mol. The lowest BCUT2D eigenvalue weighted by Gasteiger charge is -2.24. The van der Waals surface area contributed by atoms with E-state index in [2.05, 4.69) is 44.3 Å². The first-order valence-corrected chi connectivity index (χ1v) is 6.41. The first-order valence-electron chi connectivity index (χ1n) is 6.41. The summed E-state index contributed by atoms with van der Waals surface area (Å²) in [6.07, 6.45) is 5.28. The third-order valence-corrected chi connectivity index (χ3v) is 3.30. The maximum atomic E-state index is 3.59. The minimum Gasteiger partial charge on any atom is -0.308 e. The minimum absolute atomic E-state index is 0.206. The maximum absolute atomic E-state index is 3.59. The zero-order valence-electron chi connectivity index (χ0n) is 10.8. The number of rotatable bonds is 2. The van der Waals surface area contributed by atoms with Crippen LogP contribution in [0.15, 0.2) is 18.2 Å². The van der Waals surface area contributed by atoms with Crippen LogP contribution in [-0.2, 0) is 19.4 Å². The van der Waals surface area contributed by atoms with Gasteiger partial charge in [0.25, 0.3) is 0 Å². The van der Waals surface area contributed by atoms with Crippen LogP contribution in [0, 0.1) is 0 Å². The van der Waals surface area contributed by atoms with Crippen molar-refractivity contribution in [2.24, 2.45) is 0 Å². The molecule has 0 bridgehead atoms. The lowest BCUT2D eigenvalue weighted by Crippen LogP contribution is -2.35. The molecule has 88 valence electrons. The van der Waals surface area contributed by atoms with Crippen molar-refractivity contribution in [3.05, 3.63) is 34.9 Å². The Hall–Kier alpha value is -0.820. The van der Waals surface area contributed by atoms with Crippen molar-refractivity contribution in [2.75, 3.05) is 0 Å². The van der Waals surface area contributed by atoms with Crippen LogP contribution in [0.2, 0.25) is 0 Å². The van der Waals surface area contributed by atoms with Gasteiger partial charge in [0, 0.05) is 12.1 Å². The third kappa shape index (κ3) is 2.85. The predicted molar refractivity (Wildman–Crippen MR) is 69.7 cm³/mol. The summed E-state index contributed by atoms with van der Waals surface area (Å²) in [4.78, 5) is 0. The summed E-state index contributed by atoms with van der Waals surface area (Å²) in [5.41, 5.74) is 4.91. The molecule has 0 fully saturated rings. The number of fused-ring (bicyclic) bond motifs is 1. The molecule has 1 aromatic rings. The van der Waals surface area contributed by atoms with E-state index in [1.165, 1.54) is 31.2 Å². The summed E-state index contributed by atoms with van der Waals surface area (Å²) in [6, 6.07) is 6.79. The van der Waals surface area contributed by atoms with E-state index in [1.807, 2.05) is 0 Å². The molecule has 0 aliphatic heterocycles. The number of benzene rings is 1. The smallest absolute Gasteiger partial charge is 0.0213 e. The molecule has 0 heterocycles. The van der Waals surface area contributed by atoms with E-state index >= 15 is 0 Å². The van der Waals surface area contributed by atoms with Crippen LogP contribution < -0.4 is 5.32 Å². The van der Waals surface area contributed by atoms with Crippen LogP contribution in [0.5, 0.6) is 0 Å². The Kier molecular flexibility index (Phi) is 3.34. The Labute approximate surface area is 99.3 Å². The Morgan fingerprint density at radius 2 is 1.88 bits per heavy atom. The second-order valence-corrected chi connectivity index (χ2v) is 5.87. The normalized spacial score (nSPS) is 15.9. The quantitative estimate of drug-likeness (QED) is 0.800. The molecule has 1 aliphatic rings. The minimum atomic E-state index is 0.206. The molecule has 0 atom stereocenters. The van der Waals surface area contributed by atoms with Gasteiger partial charge in [0.1, 0.15) is 0 Å². The largest absolute Gasteiger partial charge is 0.308 e. The lowest BCUT2D eigenvalue weighted by atomic mass is 9.88. The van der Waals surface area contributed by atoms with Crippen LogP contribution >= 0.6 is 0 Å². The monoisotopic (exact) mass is 217 g/mol. The van der Waals surface area contributed by atoms with Gasteiger partial charge in [0.05, 0.1) is 0 Å². The van der Waals surface area contributed by atoms with Gasteiger partial charge in [-0.05, 0) is 63.1 Å². The molecule has 0 radical (unpaired) electrons. The van der Waals surface area contributed by atoms with Crippen molar-refractivity contribution >= 4 is 0 Å². The van der Waals surface area contributed by atoms with E-state index in [0.29, 0.717) is 0 Å². The van der Waals surface area contributed by atoms with Gasteiger partial charge < -0.3 is 5.32 Å². The Morgan fingerprint density at radius 3 is 2.62 bits per heavy atom. The van der Waals surface area contributed by atoms with E-state index in [4.69, 9.17) is 0 Å². The van der Waals surface area contributed by atoms with Gasteiger partial charge in [-0.25, -0.2) is 0 Å². The van der Waals surface area contributed by atoms with Crippen molar-refractivity contribution in [3.63, 3.8) is 0 Å². The highest BCUT2D eigenvalue weighted by atomic mass is 14.9. The van der Waals surface area contributed by atoms with Crippen molar-refractivity contribution in [3.8, 4) is 0 Å². The highest BCUT2D eigenvalue weighted by Gasteiger charge is 2.14. The molecule has 1 nitrogen and oxygen atoms in total. The molecule has 1 aromatic carbocycles.